The van der Waals surface area contributed by atoms with Crippen LogP contribution in [0.2, 0.25) is 0 Å². The minimum atomic E-state index is -0.151. The lowest BCUT2D eigenvalue weighted by atomic mass is 10.1. The van der Waals surface area contributed by atoms with E-state index in [1.807, 2.05) is 17.7 Å². The first-order valence-corrected chi connectivity index (χ1v) is 10.1. The molecule has 1 fully saturated rings. The fourth-order valence-electron chi connectivity index (χ4n) is 3.37. The Balaban J connectivity index is 1.61. The van der Waals surface area contributed by atoms with Crippen LogP contribution in [0.25, 0.3) is 11.0 Å². The van der Waals surface area contributed by atoms with E-state index in [2.05, 4.69) is 30.9 Å². The number of halogens is 1. The monoisotopic (exact) mass is 444 g/mol. The zero-order valence-electron chi connectivity index (χ0n) is 15.5. The van der Waals surface area contributed by atoms with Crippen LogP contribution in [0.15, 0.2) is 41.7 Å². The van der Waals surface area contributed by atoms with E-state index < -0.39 is 0 Å². The SMILES string of the molecule is CC(COC1CCCCO1)n1cc(C(=O)c2cncc(Br)c2)c2cncnc21. The Bertz CT molecular complexity index is 984. The summed E-state index contributed by atoms with van der Waals surface area (Å²) in [6, 6.07) is 1.75. The van der Waals surface area contributed by atoms with Crippen molar-refractivity contribution in [2.75, 3.05) is 13.2 Å². The lowest BCUT2D eigenvalue weighted by molar-refractivity contribution is -0.166. The van der Waals surface area contributed by atoms with Gasteiger partial charge in [-0.15, -0.1) is 0 Å². The van der Waals surface area contributed by atoms with Gasteiger partial charge in [-0.2, -0.15) is 0 Å². The number of rotatable bonds is 6. The molecule has 1 aliphatic heterocycles. The third-order valence-corrected chi connectivity index (χ3v) is 5.28. The first-order chi connectivity index (χ1) is 13.6. The van der Waals surface area contributed by atoms with E-state index in [0.717, 1.165) is 30.3 Å². The van der Waals surface area contributed by atoms with Gasteiger partial charge in [0.15, 0.2) is 12.1 Å². The van der Waals surface area contributed by atoms with Crippen LogP contribution in [0.1, 0.15) is 48.1 Å². The third kappa shape index (κ3) is 3.99. The van der Waals surface area contributed by atoms with Crippen molar-refractivity contribution in [3.8, 4) is 0 Å². The maximum absolute atomic E-state index is 13.1. The largest absolute Gasteiger partial charge is 0.353 e. The Labute approximate surface area is 171 Å². The Morgan fingerprint density at radius 1 is 1.36 bits per heavy atom. The summed E-state index contributed by atoms with van der Waals surface area (Å²) < 4.78 is 14.3. The highest BCUT2D eigenvalue weighted by Gasteiger charge is 2.22. The fourth-order valence-corrected chi connectivity index (χ4v) is 3.73. The van der Waals surface area contributed by atoms with Gasteiger partial charge in [0.2, 0.25) is 0 Å². The molecule has 4 rings (SSSR count). The molecule has 0 aliphatic carbocycles. The first kappa shape index (κ1) is 19.2. The zero-order valence-corrected chi connectivity index (χ0v) is 17.1. The van der Waals surface area contributed by atoms with Crippen LogP contribution in [0.3, 0.4) is 0 Å². The highest BCUT2D eigenvalue weighted by molar-refractivity contribution is 9.10. The Kier molecular flexibility index (Phi) is 5.79. The van der Waals surface area contributed by atoms with Crippen LogP contribution < -0.4 is 0 Å². The zero-order chi connectivity index (χ0) is 19.5. The molecule has 28 heavy (non-hydrogen) atoms. The van der Waals surface area contributed by atoms with Crippen LogP contribution >= 0.6 is 15.9 Å². The summed E-state index contributed by atoms with van der Waals surface area (Å²) in [5.41, 5.74) is 1.77. The van der Waals surface area contributed by atoms with Crippen molar-refractivity contribution in [2.45, 2.75) is 38.5 Å². The van der Waals surface area contributed by atoms with Gasteiger partial charge in [0, 0.05) is 46.8 Å². The van der Waals surface area contributed by atoms with Crippen LogP contribution in [0.5, 0.6) is 0 Å². The molecule has 3 aromatic rings. The summed E-state index contributed by atoms with van der Waals surface area (Å²) >= 11 is 3.37. The molecule has 0 aromatic carbocycles. The molecule has 7 nitrogen and oxygen atoms in total. The molecule has 1 aliphatic rings. The molecule has 0 spiro atoms. The van der Waals surface area contributed by atoms with E-state index >= 15 is 0 Å². The Morgan fingerprint density at radius 3 is 3.04 bits per heavy atom. The van der Waals surface area contributed by atoms with Crippen molar-refractivity contribution in [1.29, 1.82) is 0 Å². The van der Waals surface area contributed by atoms with Crippen molar-refractivity contribution >= 4 is 32.7 Å². The number of fused-ring (bicyclic) bond motifs is 1. The van der Waals surface area contributed by atoms with Crippen LogP contribution in [0.4, 0.5) is 0 Å². The van der Waals surface area contributed by atoms with Crippen molar-refractivity contribution in [3.05, 3.63) is 52.8 Å². The summed E-state index contributed by atoms with van der Waals surface area (Å²) in [5.74, 6) is -0.115. The lowest BCUT2D eigenvalue weighted by Gasteiger charge is -2.24. The molecule has 1 saturated heterocycles. The average molecular weight is 445 g/mol. The Hall–Kier alpha value is -2.16. The molecular formula is C20H21BrN4O3. The summed E-state index contributed by atoms with van der Waals surface area (Å²) in [6.45, 7) is 3.27. The summed E-state index contributed by atoms with van der Waals surface area (Å²) in [5, 5.41) is 0.716. The molecular weight excluding hydrogens is 424 g/mol. The standard InChI is InChI=1S/C20H21BrN4O3/c1-13(11-28-18-4-2-3-5-27-18)25-10-17(16-9-23-12-24-20(16)25)19(26)14-6-15(21)8-22-7-14/h6-10,12-13,18H,2-5,11H2,1H3. The van der Waals surface area contributed by atoms with Gasteiger partial charge >= 0.3 is 0 Å². The maximum atomic E-state index is 13.1. The molecule has 0 amide bonds. The topological polar surface area (TPSA) is 79.1 Å². The van der Waals surface area contributed by atoms with Crippen LogP contribution in [-0.2, 0) is 9.47 Å². The minimum absolute atomic E-state index is 0.00916. The van der Waals surface area contributed by atoms with Crippen molar-refractivity contribution < 1.29 is 14.3 Å². The van der Waals surface area contributed by atoms with E-state index in [9.17, 15) is 4.79 Å². The van der Waals surface area contributed by atoms with Crippen molar-refractivity contribution in [2.24, 2.45) is 0 Å². The fraction of sp³-hybridized carbons (Fsp3) is 0.400. The van der Waals surface area contributed by atoms with Crippen molar-refractivity contribution in [1.82, 2.24) is 19.5 Å². The second kappa shape index (κ2) is 8.46. The molecule has 0 bridgehead atoms. The van der Waals surface area contributed by atoms with E-state index in [1.54, 1.807) is 24.7 Å². The number of carbonyl (C=O) groups is 1. The van der Waals surface area contributed by atoms with Crippen LogP contribution in [0, 0.1) is 0 Å². The molecule has 0 radical (unpaired) electrons. The van der Waals surface area contributed by atoms with E-state index in [4.69, 9.17) is 9.47 Å². The summed E-state index contributed by atoms with van der Waals surface area (Å²) in [7, 11) is 0. The summed E-state index contributed by atoms with van der Waals surface area (Å²) in [6.07, 6.45) is 11.2. The highest BCUT2D eigenvalue weighted by Crippen LogP contribution is 2.26. The smallest absolute Gasteiger partial charge is 0.196 e. The number of nitrogens with zero attached hydrogens (tertiary/aromatic N) is 4. The van der Waals surface area contributed by atoms with Gasteiger partial charge in [0.1, 0.15) is 12.0 Å². The molecule has 2 unspecified atom stereocenters. The number of hydrogen-bond acceptors (Lipinski definition) is 6. The third-order valence-electron chi connectivity index (χ3n) is 4.84. The van der Waals surface area contributed by atoms with E-state index in [1.165, 1.54) is 6.33 Å². The number of carbonyl (C=O) groups excluding carboxylic acids is 1. The number of hydrogen-bond donors (Lipinski definition) is 0. The first-order valence-electron chi connectivity index (χ1n) is 9.32. The predicted octanol–water partition coefficient (Wildman–Crippen LogP) is 3.92. The number of ketones is 1. The number of pyridine rings is 1. The van der Waals surface area contributed by atoms with Gasteiger partial charge in [0.05, 0.1) is 18.2 Å². The lowest BCUT2D eigenvalue weighted by Crippen LogP contribution is -2.25. The number of aromatic nitrogens is 4. The normalized spacial score (nSPS) is 18.3. The number of ether oxygens (including phenoxy) is 2. The maximum Gasteiger partial charge on any atom is 0.196 e. The van der Waals surface area contributed by atoms with E-state index in [0.29, 0.717) is 28.8 Å². The molecule has 3 aromatic heterocycles. The molecule has 8 heteroatoms. The highest BCUT2D eigenvalue weighted by atomic mass is 79.9. The Morgan fingerprint density at radius 2 is 2.25 bits per heavy atom. The second-order valence-electron chi connectivity index (χ2n) is 6.91. The van der Waals surface area contributed by atoms with Crippen molar-refractivity contribution in [3.63, 3.8) is 0 Å². The minimum Gasteiger partial charge on any atom is -0.353 e. The molecule has 146 valence electrons. The quantitative estimate of drug-likeness (QED) is 0.535. The van der Waals surface area contributed by atoms with Gasteiger partial charge in [-0.25, -0.2) is 9.97 Å². The van der Waals surface area contributed by atoms with Gasteiger partial charge in [0.25, 0.3) is 0 Å². The van der Waals surface area contributed by atoms with Gasteiger partial charge in [-0.1, -0.05) is 0 Å². The molecule has 0 N–H and O–H groups in total. The van der Waals surface area contributed by atoms with E-state index in [-0.39, 0.29) is 18.1 Å². The average Bonchev–Trinajstić information content (AvgIpc) is 3.12. The molecule has 4 heterocycles. The molecule has 0 saturated carbocycles. The second-order valence-corrected chi connectivity index (χ2v) is 7.83. The van der Waals surface area contributed by atoms with Gasteiger partial charge in [-0.3, -0.25) is 9.78 Å². The van der Waals surface area contributed by atoms with Gasteiger partial charge in [-0.05, 0) is 48.2 Å². The van der Waals surface area contributed by atoms with Crippen LogP contribution in [-0.4, -0.2) is 44.8 Å². The van der Waals surface area contributed by atoms with Gasteiger partial charge < -0.3 is 14.0 Å². The summed E-state index contributed by atoms with van der Waals surface area (Å²) in [4.78, 5) is 25.7. The predicted molar refractivity (Wildman–Crippen MR) is 107 cm³/mol. The molecule has 2 atom stereocenters.